The summed E-state index contributed by atoms with van der Waals surface area (Å²) in [5.74, 6) is -1.09. The van der Waals surface area contributed by atoms with Crippen molar-refractivity contribution in [2.24, 2.45) is 0 Å². The van der Waals surface area contributed by atoms with E-state index in [9.17, 15) is 14.7 Å². The van der Waals surface area contributed by atoms with Gasteiger partial charge in [0.1, 0.15) is 5.75 Å². The van der Waals surface area contributed by atoms with Crippen molar-refractivity contribution in [2.45, 2.75) is 0 Å². The normalized spacial score (nSPS) is 10.0. The maximum atomic E-state index is 11.8. The molecule has 21 heavy (non-hydrogen) atoms. The number of carbonyl (C=O) groups is 2. The van der Waals surface area contributed by atoms with Crippen LogP contribution in [0.15, 0.2) is 42.5 Å². The largest absolute Gasteiger partial charge is 0.508 e. The van der Waals surface area contributed by atoms with Crippen LogP contribution in [0.4, 0.5) is 0 Å². The van der Waals surface area contributed by atoms with E-state index in [1.807, 2.05) is 0 Å². The Balaban J connectivity index is 2.69. The number of aromatic hydroxyl groups is 1. The number of ether oxygens (including phenoxy) is 2. The zero-order chi connectivity index (χ0) is 15.4. The molecule has 0 radical (unpaired) electrons. The molecule has 0 aliphatic carbocycles. The number of methoxy groups -OCH3 is 2. The van der Waals surface area contributed by atoms with Crippen LogP contribution in [-0.4, -0.2) is 31.3 Å². The minimum atomic E-state index is -0.551. The molecular formula is C16H14O5. The van der Waals surface area contributed by atoms with Crippen LogP contribution in [0.5, 0.6) is 5.75 Å². The van der Waals surface area contributed by atoms with E-state index in [0.29, 0.717) is 16.7 Å². The average molecular weight is 286 g/mol. The first-order valence-corrected chi connectivity index (χ1v) is 6.17. The molecule has 2 rings (SSSR count). The molecule has 5 nitrogen and oxygen atoms in total. The number of phenolic OH excluding ortho intramolecular Hbond substituents is 1. The molecule has 0 unspecified atom stereocenters. The lowest BCUT2D eigenvalue weighted by Crippen LogP contribution is -2.07. The van der Waals surface area contributed by atoms with Gasteiger partial charge in [0, 0.05) is 5.56 Å². The highest BCUT2D eigenvalue weighted by atomic mass is 16.5. The molecule has 0 atom stereocenters. The van der Waals surface area contributed by atoms with Crippen LogP contribution in [0.3, 0.4) is 0 Å². The molecule has 2 aromatic rings. The zero-order valence-electron chi connectivity index (χ0n) is 11.6. The predicted octanol–water partition coefficient (Wildman–Crippen LogP) is 2.63. The standard InChI is InChI=1S/C16H14O5/c1-20-15(18)12-6-4-3-5-11(12)14-9-10(17)7-8-13(14)16(19)21-2/h3-9,17H,1-2H3. The molecular weight excluding hydrogens is 272 g/mol. The minimum Gasteiger partial charge on any atom is -0.508 e. The maximum absolute atomic E-state index is 11.8. The van der Waals surface area contributed by atoms with Gasteiger partial charge in [0.2, 0.25) is 0 Å². The van der Waals surface area contributed by atoms with Crippen LogP contribution in [0.1, 0.15) is 20.7 Å². The molecule has 0 saturated carbocycles. The van der Waals surface area contributed by atoms with E-state index in [-0.39, 0.29) is 11.3 Å². The topological polar surface area (TPSA) is 72.8 Å². The highest BCUT2D eigenvalue weighted by molar-refractivity contribution is 6.03. The predicted molar refractivity (Wildman–Crippen MR) is 76.2 cm³/mol. The van der Waals surface area contributed by atoms with Gasteiger partial charge in [0.25, 0.3) is 0 Å². The number of esters is 2. The van der Waals surface area contributed by atoms with Crippen molar-refractivity contribution in [2.75, 3.05) is 14.2 Å². The highest BCUT2D eigenvalue weighted by Gasteiger charge is 2.19. The minimum absolute atomic E-state index is 0.0164. The number of hydrogen-bond donors (Lipinski definition) is 1. The zero-order valence-corrected chi connectivity index (χ0v) is 11.6. The van der Waals surface area contributed by atoms with E-state index >= 15 is 0 Å². The van der Waals surface area contributed by atoms with Gasteiger partial charge in [-0.2, -0.15) is 0 Å². The van der Waals surface area contributed by atoms with Gasteiger partial charge in [-0.1, -0.05) is 18.2 Å². The van der Waals surface area contributed by atoms with Gasteiger partial charge < -0.3 is 14.6 Å². The molecule has 0 bridgehead atoms. The first-order valence-electron chi connectivity index (χ1n) is 6.17. The van der Waals surface area contributed by atoms with Crippen molar-refractivity contribution < 1.29 is 24.2 Å². The van der Waals surface area contributed by atoms with Gasteiger partial charge in [0.15, 0.2) is 0 Å². The molecule has 0 spiro atoms. The Morgan fingerprint density at radius 2 is 1.43 bits per heavy atom. The van der Waals surface area contributed by atoms with Crippen LogP contribution in [0.25, 0.3) is 11.1 Å². The fraction of sp³-hybridized carbons (Fsp3) is 0.125. The number of hydrogen-bond acceptors (Lipinski definition) is 5. The molecule has 0 amide bonds. The van der Waals surface area contributed by atoms with E-state index in [4.69, 9.17) is 9.47 Å². The van der Waals surface area contributed by atoms with Crippen molar-refractivity contribution in [3.05, 3.63) is 53.6 Å². The van der Waals surface area contributed by atoms with Crippen molar-refractivity contribution in [1.29, 1.82) is 0 Å². The molecule has 0 aromatic heterocycles. The quantitative estimate of drug-likeness (QED) is 0.878. The number of benzene rings is 2. The van der Waals surface area contributed by atoms with E-state index in [2.05, 4.69) is 0 Å². The Morgan fingerprint density at radius 1 is 0.857 bits per heavy atom. The van der Waals surface area contributed by atoms with Gasteiger partial charge in [-0.3, -0.25) is 0 Å². The summed E-state index contributed by atoms with van der Waals surface area (Å²) in [5.41, 5.74) is 1.45. The third-order valence-corrected chi connectivity index (χ3v) is 3.03. The van der Waals surface area contributed by atoms with Gasteiger partial charge in [-0.05, 0) is 29.8 Å². The Bertz CT molecular complexity index is 691. The SMILES string of the molecule is COC(=O)c1ccccc1-c1cc(O)ccc1C(=O)OC. The smallest absolute Gasteiger partial charge is 0.338 e. The van der Waals surface area contributed by atoms with E-state index in [0.717, 1.165) is 0 Å². The van der Waals surface area contributed by atoms with Gasteiger partial charge in [0.05, 0.1) is 25.3 Å². The van der Waals surface area contributed by atoms with Gasteiger partial charge in [-0.15, -0.1) is 0 Å². The summed E-state index contributed by atoms with van der Waals surface area (Å²) in [6.45, 7) is 0. The Labute approximate surface area is 121 Å². The lowest BCUT2D eigenvalue weighted by molar-refractivity contribution is 0.0590. The summed E-state index contributed by atoms with van der Waals surface area (Å²) < 4.78 is 9.47. The van der Waals surface area contributed by atoms with Crippen molar-refractivity contribution >= 4 is 11.9 Å². The molecule has 1 N–H and O–H groups in total. The molecule has 0 aliphatic heterocycles. The summed E-state index contributed by atoms with van der Waals surface area (Å²) in [6.07, 6.45) is 0. The Morgan fingerprint density at radius 3 is 2.05 bits per heavy atom. The van der Waals surface area contributed by atoms with Crippen LogP contribution < -0.4 is 0 Å². The van der Waals surface area contributed by atoms with Crippen molar-refractivity contribution in [3.8, 4) is 16.9 Å². The molecule has 0 aliphatic rings. The Kier molecular flexibility index (Phi) is 4.23. The average Bonchev–Trinajstić information content (AvgIpc) is 2.53. The second-order valence-corrected chi connectivity index (χ2v) is 4.26. The Hall–Kier alpha value is -2.82. The number of rotatable bonds is 3. The molecule has 0 fully saturated rings. The van der Waals surface area contributed by atoms with E-state index in [1.54, 1.807) is 24.3 Å². The molecule has 0 saturated heterocycles. The van der Waals surface area contributed by atoms with Crippen LogP contribution >= 0.6 is 0 Å². The van der Waals surface area contributed by atoms with Crippen molar-refractivity contribution in [3.63, 3.8) is 0 Å². The van der Waals surface area contributed by atoms with Crippen LogP contribution in [0, 0.1) is 0 Å². The molecule has 5 heteroatoms. The third-order valence-electron chi connectivity index (χ3n) is 3.03. The van der Waals surface area contributed by atoms with Crippen LogP contribution in [0.2, 0.25) is 0 Å². The summed E-state index contributed by atoms with van der Waals surface area (Å²) in [6, 6.07) is 10.9. The third kappa shape index (κ3) is 2.86. The number of phenols is 1. The first-order chi connectivity index (χ1) is 10.1. The summed E-state index contributed by atoms with van der Waals surface area (Å²) in [5, 5.41) is 9.67. The van der Waals surface area contributed by atoms with Crippen LogP contribution in [-0.2, 0) is 9.47 Å². The summed E-state index contributed by atoms with van der Waals surface area (Å²) in [7, 11) is 2.55. The first kappa shape index (κ1) is 14.6. The fourth-order valence-electron chi connectivity index (χ4n) is 2.05. The maximum Gasteiger partial charge on any atom is 0.338 e. The molecule has 108 valence electrons. The van der Waals surface area contributed by atoms with Crippen molar-refractivity contribution in [1.82, 2.24) is 0 Å². The van der Waals surface area contributed by atoms with E-state index in [1.165, 1.54) is 32.4 Å². The second kappa shape index (κ2) is 6.09. The highest BCUT2D eigenvalue weighted by Crippen LogP contribution is 2.31. The molecule has 2 aromatic carbocycles. The lowest BCUT2D eigenvalue weighted by atomic mass is 9.95. The lowest BCUT2D eigenvalue weighted by Gasteiger charge is -2.12. The van der Waals surface area contributed by atoms with Gasteiger partial charge in [-0.25, -0.2) is 9.59 Å². The van der Waals surface area contributed by atoms with E-state index < -0.39 is 11.9 Å². The number of carbonyl (C=O) groups excluding carboxylic acids is 2. The monoisotopic (exact) mass is 286 g/mol. The molecule has 0 heterocycles. The summed E-state index contributed by atoms with van der Waals surface area (Å²) >= 11 is 0. The second-order valence-electron chi connectivity index (χ2n) is 4.26. The van der Waals surface area contributed by atoms with Gasteiger partial charge >= 0.3 is 11.9 Å². The summed E-state index contributed by atoms with van der Waals surface area (Å²) in [4.78, 5) is 23.7. The fourth-order valence-corrected chi connectivity index (χ4v) is 2.05.